The third kappa shape index (κ3) is 2.04. The number of hydrogen-bond acceptors (Lipinski definition) is 3. The summed E-state index contributed by atoms with van der Waals surface area (Å²) in [6, 6.07) is 9.83. The largest absolute Gasteiger partial charge is 0.496 e. The van der Waals surface area contributed by atoms with E-state index in [1.54, 1.807) is 7.11 Å². The highest BCUT2D eigenvalue weighted by Gasteiger charge is 2.15. The zero-order valence-corrected chi connectivity index (χ0v) is 12.8. The van der Waals surface area contributed by atoms with E-state index in [4.69, 9.17) is 10.5 Å². The third-order valence-corrected chi connectivity index (χ3v) is 3.79. The Hall–Kier alpha value is -2.01. The van der Waals surface area contributed by atoms with Gasteiger partial charge in [0.25, 0.3) is 0 Å². The van der Waals surface area contributed by atoms with E-state index >= 15 is 0 Å². The lowest BCUT2D eigenvalue weighted by atomic mass is 10.1. The first-order valence-electron chi connectivity index (χ1n) is 6.18. The monoisotopic (exact) mass is 331 g/mol. The van der Waals surface area contributed by atoms with E-state index in [1.807, 2.05) is 41.8 Å². The number of fused-ring (bicyclic) bond motifs is 1. The summed E-state index contributed by atoms with van der Waals surface area (Å²) in [5.41, 5.74) is 9.64. The van der Waals surface area contributed by atoms with Crippen molar-refractivity contribution in [2.45, 2.75) is 6.92 Å². The summed E-state index contributed by atoms with van der Waals surface area (Å²) >= 11 is 3.49. The molecule has 0 atom stereocenters. The summed E-state index contributed by atoms with van der Waals surface area (Å²) in [7, 11) is 1.66. The normalized spacial score (nSPS) is 10.9. The minimum Gasteiger partial charge on any atom is -0.496 e. The number of hydrogen-bond donors (Lipinski definition) is 1. The predicted molar refractivity (Wildman–Crippen MR) is 84.0 cm³/mol. The highest BCUT2D eigenvalue weighted by molar-refractivity contribution is 9.10. The Morgan fingerprint density at radius 2 is 2.05 bits per heavy atom. The van der Waals surface area contributed by atoms with Crippen molar-refractivity contribution in [1.29, 1.82) is 0 Å². The van der Waals surface area contributed by atoms with E-state index in [-0.39, 0.29) is 0 Å². The number of aryl methyl sites for hydroxylation is 1. The second-order valence-corrected chi connectivity index (χ2v) is 5.40. The number of rotatable bonds is 2. The molecule has 2 heterocycles. The summed E-state index contributed by atoms with van der Waals surface area (Å²) in [6.45, 7) is 2.04. The molecule has 0 saturated carbocycles. The molecule has 5 heteroatoms. The van der Waals surface area contributed by atoms with Gasteiger partial charge in [-0.05, 0) is 47.1 Å². The minimum absolute atomic E-state index is 0.690. The first-order chi connectivity index (χ1) is 9.60. The van der Waals surface area contributed by atoms with Crippen molar-refractivity contribution in [2.24, 2.45) is 0 Å². The Labute approximate surface area is 125 Å². The van der Waals surface area contributed by atoms with Gasteiger partial charge in [0.15, 0.2) is 0 Å². The van der Waals surface area contributed by atoms with Crippen LogP contribution in [0.2, 0.25) is 0 Å². The van der Waals surface area contributed by atoms with Gasteiger partial charge in [-0.2, -0.15) is 0 Å². The second kappa shape index (κ2) is 4.83. The molecule has 0 radical (unpaired) electrons. The van der Waals surface area contributed by atoms with Crippen LogP contribution in [0.3, 0.4) is 0 Å². The Morgan fingerprint density at radius 1 is 1.25 bits per heavy atom. The predicted octanol–water partition coefficient (Wildman–Crippen LogP) is 3.66. The molecule has 2 N–H and O–H groups in total. The maximum absolute atomic E-state index is 5.89. The van der Waals surface area contributed by atoms with Gasteiger partial charge in [-0.25, -0.2) is 4.98 Å². The molecule has 3 rings (SSSR count). The number of anilines is 1. The Kier molecular flexibility index (Phi) is 3.14. The van der Waals surface area contributed by atoms with E-state index in [1.165, 1.54) is 0 Å². The van der Waals surface area contributed by atoms with Crippen molar-refractivity contribution < 1.29 is 4.74 Å². The first-order valence-corrected chi connectivity index (χ1v) is 6.97. The lowest BCUT2D eigenvalue weighted by Gasteiger charge is -2.09. The van der Waals surface area contributed by atoms with Gasteiger partial charge in [0.2, 0.25) is 0 Å². The lowest BCUT2D eigenvalue weighted by molar-refractivity contribution is 0.416. The van der Waals surface area contributed by atoms with Gasteiger partial charge in [0.05, 0.1) is 18.2 Å². The molecule has 0 unspecified atom stereocenters. The van der Waals surface area contributed by atoms with Crippen molar-refractivity contribution >= 4 is 27.1 Å². The number of ether oxygens (including phenoxy) is 1. The minimum atomic E-state index is 0.690. The van der Waals surface area contributed by atoms with Crippen LogP contribution in [0.15, 0.2) is 41.1 Å². The molecule has 0 bridgehead atoms. The highest BCUT2D eigenvalue weighted by atomic mass is 79.9. The van der Waals surface area contributed by atoms with Gasteiger partial charge in [-0.15, -0.1) is 0 Å². The zero-order chi connectivity index (χ0) is 14.3. The average molecular weight is 332 g/mol. The molecule has 20 heavy (non-hydrogen) atoms. The van der Waals surface area contributed by atoms with Crippen LogP contribution in [0.25, 0.3) is 16.9 Å². The van der Waals surface area contributed by atoms with Crippen LogP contribution in [0.5, 0.6) is 5.75 Å². The quantitative estimate of drug-likeness (QED) is 0.779. The Morgan fingerprint density at radius 3 is 2.80 bits per heavy atom. The van der Waals surface area contributed by atoms with Gasteiger partial charge in [-0.1, -0.05) is 11.6 Å². The van der Waals surface area contributed by atoms with E-state index in [0.29, 0.717) is 5.69 Å². The molecule has 102 valence electrons. The van der Waals surface area contributed by atoms with Crippen molar-refractivity contribution in [2.75, 3.05) is 12.8 Å². The first kappa shape index (κ1) is 13.0. The molecule has 0 aliphatic rings. The van der Waals surface area contributed by atoms with Gasteiger partial charge >= 0.3 is 0 Å². The highest BCUT2D eigenvalue weighted by Crippen LogP contribution is 2.33. The lowest BCUT2D eigenvalue weighted by Crippen LogP contribution is -1.95. The Balaban J connectivity index is 2.35. The fourth-order valence-electron chi connectivity index (χ4n) is 2.25. The molecule has 0 fully saturated rings. The van der Waals surface area contributed by atoms with E-state index in [9.17, 15) is 0 Å². The number of nitrogens with two attached hydrogens (primary N) is 1. The maximum atomic E-state index is 5.89. The van der Waals surface area contributed by atoms with Crippen molar-refractivity contribution in [3.05, 3.63) is 46.7 Å². The van der Waals surface area contributed by atoms with E-state index in [0.717, 1.165) is 32.8 Å². The summed E-state index contributed by atoms with van der Waals surface area (Å²) in [4.78, 5) is 4.59. The standard InChI is InChI=1S/C15H14BrN3O/c1-9-3-6-13(20-2)11(7-9)15-18-14(16)12-5-4-10(17)8-19(12)15/h3-8H,17H2,1-2H3. The molecule has 0 amide bonds. The van der Waals surface area contributed by atoms with Crippen molar-refractivity contribution in [1.82, 2.24) is 9.38 Å². The fraction of sp³-hybridized carbons (Fsp3) is 0.133. The summed E-state index contributed by atoms with van der Waals surface area (Å²) in [5.74, 6) is 1.59. The van der Waals surface area contributed by atoms with Crippen LogP contribution in [0.1, 0.15) is 5.56 Å². The van der Waals surface area contributed by atoms with Crippen LogP contribution in [0, 0.1) is 6.92 Å². The molecular weight excluding hydrogens is 318 g/mol. The average Bonchev–Trinajstić information content (AvgIpc) is 2.75. The number of methoxy groups -OCH3 is 1. The maximum Gasteiger partial charge on any atom is 0.149 e. The van der Waals surface area contributed by atoms with Gasteiger partial charge in [0, 0.05) is 11.9 Å². The second-order valence-electron chi connectivity index (χ2n) is 4.65. The fourth-order valence-corrected chi connectivity index (χ4v) is 2.74. The number of nitrogens with zero attached hydrogens (tertiary/aromatic N) is 2. The zero-order valence-electron chi connectivity index (χ0n) is 11.2. The van der Waals surface area contributed by atoms with Crippen LogP contribution in [-0.4, -0.2) is 16.5 Å². The number of pyridine rings is 1. The van der Waals surface area contributed by atoms with Gasteiger partial charge in [0.1, 0.15) is 16.2 Å². The topological polar surface area (TPSA) is 52.5 Å². The smallest absolute Gasteiger partial charge is 0.149 e. The number of halogens is 1. The molecule has 1 aromatic carbocycles. The van der Waals surface area contributed by atoms with Crippen molar-refractivity contribution in [3.63, 3.8) is 0 Å². The SMILES string of the molecule is COc1ccc(C)cc1-c1nc(Br)c2ccc(N)cn12. The molecule has 2 aromatic heterocycles. The number of aromatic nitrogens is 2. The summed E-state index contributed by atoms with van der Waals surface area (Å²) in [6.07, 6.45) is 1.87. The van der Waals surface area contributed by atoms with Crippen LogP contribution >= 0.6 is 15.9 Å². The molecule has 3 aromatic rings. The molecular formula is C15H14BrN3O. The number of benzene rings is 1. The van der Waals surface area contributed by atoms with Crippen LogP contribution < -0.4 is 10.5 Å². The van der Waals surface area contributed by atoms with E-state index < -0.39 is 0 Å². The Bertz CT molecular complexity index is 795. The molecule has 0 aliphatic carbocycles. The van der Waals surface area contributed by atoms with Crippen LogP contribution in [-0.2, 0) is 0 Å². The molecule has 4 nitrogen and oxygen atoms in total. The summed E-state index contributed by atoms with van der Waals surface area (Å²) in [5, 5.41) is 0. The van der Waals surface area contributed by atoms with Gasteiger partial charge < -0.3 is 10.5 Å². The van der Waals surface area contributed by atoms with Gasteiger partial charge in [-0.3, -0.25) is 4.40 Å². The van der Waals surface area contributed by atoms with Crippen LogP contribution in [0.4, 0.5) is 5.69 Å². The van der Waals surface area contributed by atoms with Crippen molar-refractivity contribution in [3.8, 4) is 17.1 Å². The summed E-state index contributed by atoms with van der Waals surface area (Å²) < 4.78 is 8.20. The number of nitrogen functional groups attached to an aromatic ring is 1. The molecule has 0 spiro atoms. The number of imidazole rings is 1. The van der Waals surface area contributed by atoms with E-state index in [2.05, 4.69) is 27.0 Å². The third-order valence-electron chi connectivity index (χ3n) is 3.21. The molecule has 0 aliphatic heterocycles. The molecule has 0 saturated heterocycles.